The lowest BCUT2D eigenvalue weighted by Crippen LogP contribution is -2.17. The summed E-state index contributed by atoms with van der Waals surface area (Å²) in [7, 11) is -3.67. The zero-order valence-electron chi connectivity index (χ0n) is 16.6. The number of aryl methyl sites for hydroxylation is 1. The van der Waals surface area contributed by atoms with E-state index in [0.717, 1.165) is 23.2 Å². The smallest absolute Gasteiger partial charge is 0.261 e. The van der Waals surface area contributed by atoms with Crippen LogP contribution in [0.3, 0.4) is 0 Å². The maximum Gasteiger partial charge on any atom is 0.261 e. The molecule has 3 aromatic rings. The van der Waals surface area contributed by atoms with Crippen molar-refractivity contribution in [1.82, 2.24) is 9.97 Å². The van der Waals surface area contributed by atoms with E-state index in [4.69, 9.17) is 0 Å². The van der Waals surface area contributed by atoms with Gasteiger partial charge < -0.3 is 0 Å². The standard InChI is InChI=1S/C22H25N3O2S/c1-5-22(3,4)18-9-11-20(12-10-18)28(26,27)25-19-8-6-7-17(15-19)21-13-14-23-16(2)24-21/h6-15,25H,5H2,1-4H3. The van der Waals surface area contributed by atoms with E-state index >= 15 is 0 Å². The number of nitrogens with one attached hydrogen (secondary N) is 1. The SMILES string of the molecule is CCC(C)(C)c1ccc(S(=O)(=O)Nc2cccc(-c3ccnc(C)n3)c2)cc1. The summed E-state index contributed by atoms with van der Waals surface area (Å²) < 4.78 is 28.3. The highest BCUT2D eigenvalue weighted by Gasteiger charge is 2.20. The van der Waals surface area contributed by atoms with Gasteiger partial charge >= 0.3 is 0 Å². The minimum absolute atomic E-state index is 0.0136. The van der Waals surface area contributed by atoms with Crippen molar-refractivity contribution < 1.29 is 8.42 Å². The van der Waals surface area contributed by atoms with Gasteiger partial charge in [0.1, 0.15) is 5.82 Å². The van der Waals surface area contributed by atoms with Gasteiger partial charge in [0.15, 0.2) is 0 Å². The van der Waals surface area contributed by atoms with Crippen LogP contribution in [0.2, 0.25) is 0 Å². The van der Waals surface area contributed by atoms with E-state index in [1.54, 1.807) is 42.6 Å². The van der Waals surface area contributed by atoms with E-state index in [0.29, 0.717) is 11.5 Å². The minimum atomic E-state index is -3.67. The van der Waals surface area contributed by atoms with E-state index < -0.39 is 10.0 Å². The molecule has 0 fully saturated rings. The molecule has 28 heavy (non-hydrogen) atoms. The molecule has 5 nitrogen and oxygen atoms in total. The van der Waals surface area contributed by atoms with Crippen LogP contribution in [0.15, 0.2) is 65.7 Å². The summed E-state index contributed by atoms with van der Waals surface area (Å²) in [6.45, 7) is 8.24. The molecule has 0 saturated carbocycles. The molecule has 1 aromatic heterocycles. The van der Waals surface area contributed by atoms with E-state index in [-0.39, 0.29) is 10.3 Å². The Morgan fingerprint density at radius 2 is 1.75 bits per heavy atom. The molecule has 0 spiro atoms. The molecule has 0 aliphatic heterocycles. The van der Waals surface area contributed by atoms with Gasteiger partial charge in [0, 0.05) is 17.4 Å². The molecule has 2 aromatic carbocycles. The highest BCUT2D eigenvalue weighted by Crippen LogP contribution is 2.28. The molecule has 0 amide bonds. The molecule has 0 atom stereocenters. The Morgan fingerprint density at radius 3 is 2.39 bits per heavy atom. The topological polar surface area (TPSA) is 72.0 Å². The van der Waals surface area contributed by atoms with Gasteiger partial charge in [-0.05, 0) is 54.7 Å². The van der Waals surface area contributed by atoms with Crippen LogP contribution < -0.4 is 4.72 Å². The highest BCUT2D eigenvalue weighted by atomic mass is 32.2. The second-order valence-corrected chi connectivity index (χ2v) is 9.12. The van der Waals surface area contributed by atoms with Gasteiger partial charge in [-0.25, -0.2) is 18.4 Å². The number of benzene rings is 2. The quantitative estimate of drug-likeness (QED) is 0.642. The molecule has 1 N–H and O–H groups in total. The monoisotopic (exact) mass is 395 g/mol. The third-order valence-electron chi connectivity index (χ3n) is 5.02. The molecule has 0 aliphatic rings. The van der Waals surface area contributed by atoms with Crippen molar-refractivity contribution in [3.8, 4) is 11.3 Å². The lowest BCUT2D eigenvalue weighted by Gasteiger charge is -2.23. The second-order valence-electron chi connectivity index (χ2n) is 7.44. The maximum absolute atomic E-state index is 12.8. The van der Waals surface area contributed by atoms with Crippen molar-refractivity contribution in [3.63, 3.8) is 0 Å². The van der Waals surface area contributed by atoms with E-state index in [1.807, 2.05) is 25.1 Å². The summed E-state index contributed by atoms with van der Waals surface area (Å²) >= 11 is 0. The zero-order chi connectivity index (χ0) is 20.4. The van der Waals surface area contributed by atoms with Crippen LogP contribution >= 0.6 is 0 Å². The Kier molecular flexibility index (Phi) is 5.52. The Hall–Kier alpha value is -2.73. The summed E-state index contributed by atoms with van der Waals surface area (Å²) in [6.07, 6.45) is 2.67. The van der Waals surface area contributed by atoms with E-state index in [2.05, 4.69) is 35.5 Å². The molecule has 3 rings (SSSR count). The first kappa shape index (κ1) is 20.0. The number of nitrogens with zero attached hydrogens (tertiary/aromatic N) is 2. The summed E-state index contributed by atoms with van der Waals surface area (Å²) in [4.78, 5) is 8.73. The van der Waals surface area contributed by atoms with Crippen molar-refractivity contribution in [2.75, 3.05) is 4.72 Å². The van der Waals surface area contributed by atoms with Crippen LogP contribution in [0.1, 0.15) is 38.6 Å². The fraction of sp³-hybridized carbons (Fsp3) is 0.273. The Labute approximate surface area is 166 Å². The van der Waals surface area contributed by atoms with Crippen molar-refractivity contribution in [3.05, 3.63) is 72.2 Å². The number of anilines is 1. The molecule has 0 saturated heterocycles. The molecular weight excluding hydrogens is 370 g/mol. The fourth-order valence-electron chi connectivity index (χ4n) is 2.86. The van der Waals surface area contributed by atoms with Crippen LogP contribution in [0.25, 0.3) is 11.3 Å². The van der Waals surface area contributed by atoms with Crippen LogP contribution in [-0.4, -0.2) is 18.4 Å². The molecule has 0 unspecified atom stereocenters. The minimum Gasteiger partial charge on any atom is -0.280 e. The Balaban J connectivity index is 1.86. The average molecular weight is 396 g/mol. The molecule has 0 aliphatic carbocycles. The normalized spacial score (nSPS) is 12.0. The summed E-state index contributed by atoms with van der Waals surface area (Å²) in [6, 6.07) is 16.1. The molecule has 6 heteroatoms. The van der Waals surface area contributed by atoms with Gasteiger partial charge in [-0.2, -0.15) is 0 Å². The largest absolute Gasteiger partial charge is 0.280 e. The first-order valence-electron chi connectivity index (χ1n) is 9.25. The maximum atomic E-state index is 12.8. The second kappa shape index (κ2) is 7.72. The highest BCUT2D eigenvalue weighted by molar-refractivity contribution is 7.92. The van der Waals surface area contributed by atoms with Crippen LogP contribution in [0.4, 0.5) is 5.69 Å². The van der Waals surface area contributed by atoms with Gasteiger partial charge in [0.2, 0.25) is 0 Å². The van der Waals surface area contributed by atoms with Crippen molar-refractivity contribution >= 4 is 15.7 Å². The van der Waals surface area contributed by atoms with Crippen molar-refractivity contribution in [2.24, 2.45) is 0 Å². The van der Waals surface area contributed by atoms with Gasteiger partial charge in [-0.15, -0.1) is 0 Å². The third kappa shape index (κ3) is 4.39. The molecule has 0 bridgehead atoms. The average Bonchev–Trinajstić information content (AvgIpc) is 2.68. The lowest BCUT2D eigenvalue weighted by molar-refractivity contribution is 0.506. The van der Waals surface area contributed by atoms with Gasteiger partial charge in [0.25, 0.3) is 10.0 Å². The van der Waals surface area contributed by atoms with Crippen molar-refractivity contribution in [1.29, 1.82) is 0 Å². The van der Waals surface area contributed by atoms with E-state index in [9.17, 15) is 8.42 Å². The summed E-state index contributed by atoms with van der Waals surface area (Å²) in [5, 5.41) is 0. The number of sulfonamides is 1. The van der Waals surface area contributed by atoms with Gasteiger partial charge in [-0.3, -0.25) is 4.72 Å². The van der Waals surface area contributed by atoms with Crippen LogP contribution in [-0.2, 0) is 15.4 Å². The number of aromatic nitrogens is 2. The first-order chi connectivity index (χ1) is 13.2. The predicted molar refractivity (Wildman–Crippen MR) is 113 cm³/mol. The zero-order valence-corrected chi connectivity index (χ0v) is 17.4. The molecular formula is C22H25N3O2S. The molecule has 1 heterocycles. The summed E-state index contributed by atoms with van der Waals surface area (Å²) in [5.74, 6) is 0.665. The van der Waals surface area contributed by atoms with Gasteiger partial charge in [0.05, 0.1) is 10.6 Å². The van der Waals surface area contributed by atoms with Crippen LogP contribution in [0, 0.1) is 6.92 Å². The third-order valence-corrected chi connectivity index (χ3v) is 6.41. The summed E-state index contributed by atoms with van der Waals surface area (Å²) in [5.41, 5.74) is 3.20. The van der Waals surface area contributed by atoms with Gasteiger partial charge in [-0.1, -0.05) is 45.0 Å². The number of hydrogen-bond donors (Lipinski definition) is 1. The fourth-order valence-corrected chi connectivity index (χ4v) is 3.91. The van der Waals surface area contributed by atoms with E-state index in [1.165, 1.54) is 0 Å². The van der Waals surface area contributed by atoms with Crippen LogP contribution in [0.5, 0.6) is 0 Å². The Bertz CT molecular complexity index is 1070. The molecule has 0 radical (unpaired) electrons. The lowest BCUT2D eigenvalue weighted by atomic mass is 9.82. The number of rotatable bonds is 6. The predicted octanol–water partition coefficient (Wildman–Crippen LogP) is 4.94. The molecule has 146 valence electrons. The Morgan fingerprint density at radius 1 is 1.04 bits per heavy atom. The number of hydrogen-bond acceptors (Lipinski definition) is 4. The van der Waals surface area contributed by atoms with Crippen molar-refractivity contribution in [2.45, 2.75) is 44.4 Å². The first-order valence-corrected chi connectivity index (χ1v) is 10.7.